The van der Waals surface area contributed by atoms with Gasteiger partial charge >= 0.3 is 0 Å². The van der Waals surface area contributed by atoms with Crippen LogP contribution < -0.4 is 0 Å². The molecule has 2 heteroatoms. The van der Waals surface area contributed by atoms with Crippen molar-refractivity contribution in [2.75, 3.05) is 0 Å². The summed E-state index contributed by atoms with van der Waals surface area (Å²) in [5.41, 5.74) is 4.92. The van der Waals surface area contributed by atoms with E-state index in [-0.39, 0.29) is 0 Å². The Bertz CT molecular complexity index is 776. The topological polar surface area (TPSA) is 28.7 Å². The summed E-state index contributed by atoms with van der Waals surface area (Å²) < 4.78 is 2.14. The molecule has 0 fully saturated rings. The van der Waals surface area contributed by atoms with Crippen LogP contribution in [0.3, 0.4) is 0 Å². The van der Waals surface area contributed by atoms with Crippen LogP contribution in [0.2, 0.25) is 0 Å². The second-order valence-corrected chi connectivity index (χ2v) is 5.02. The Morgan fingerprint density at radius 1 is 1.05 bits per heavy atom. The van der Waals surface area contributed by atoms with Crippen molar-refractivity contribution in [1.82, 2.24) is 4.57 Å². The van der Waals surface area contributed by atoms with Crippen molar-refractivity contribution >= 4 is 10.9 Å². The fourth-order valence-electron chi connectivity index (χ4n) is 2.67. The van der Waals surface area contributed by atoms with Crippen molar-refractivity contribution in [3.8, 4) is 17.2 Å². The van der Waals surface area contributed by atoms with Crippen molar-refractivity contribution in [3.05, 3.63) is 60.3 Å². The van der Waals surface area contributed by atoms with Crippen LogP contribution in [0.15, 0.2) is 54.7 Å². The molecular formula is C18H16N2. The third-order valence-corrected chi connectivity index (χ3v) is 3.69. The molecule has 0 aliphatic rings. The molecule has 2 nitrogen and oxygen atoms in total. The lowest BCUT2D eigenvalue weighted by molar-refractivity contribution is 0.940. The van der Waals surface area contributed by atoms with Crippen molar-refractivity contribution in [2.45, 2.75) is 12.8 Å². The van der Waals surface area contributed by atoms with Crippen molar-refractivity contribution in [2.24, 2.45) is 7.05 Å². The minimum absolute atomic E-state index is 0.564. The number of aromatic nitrogens is 1. The lowest BCUT2D eigenvalue weighted by Crippen LogP contribution is -1.83. The zero-order valence-electron chi connectivity index (χ0n) is 11.5. The van der Waals surface area contributed by atoms with Gasteiger partial charge in [0, 0.05) is 30.6 Å². The summed E-state index contributed by atoms with van der Waals surface area (Å²) in [6.45, 7) is 0. The molecule has 2 aromatic carbocycles. The fourth-order valence-corrected chi connectivity index (χ4v) is 2.67. The highest BCUT2D eigenvalue weighted by molar-refractivity contribution is 5.88. The zero-order valence-corrected chi connectivity index (χ0v) is 11.5. The maximum atomic E-state index is 8.78. The van der Waals surface area contributed by atoms with E-state index in [1.54, 1.807) is 0 Å². The van der Waals surface area contributed by atoms with Gasteiger partial charge in [-0.1, -0.05) is 36.4 Å². The van der Waals surface area contributed by atoms with Crippen LogP contribution in [-0.2, 0) is 13.5 Å². The van der Waals surface area contributed by atoms with Crippen LogP contribution in [-0.4, -0.2) is 4.57 Å². The monoisotopic (exact) mass is 260 g/mol. The van der Waals surface area contributed by atoms with Gasteiger partial charge in [0.2, 0.25) is 0 Å². The minimum Gasteiger partial charge on any atom is -0.350 e. The van der Waals surface area contributed by atoms with Crippen molar-refractivity contribution in [3.63, 3.8) is 0 Å². The van der Waals surface area contributed by atoms with Gasteiger partial charge in [0.25, 0.3) is 0 Å². The second kappa shape index (κ2) is 5.22. The van der Waals surface area contributed by atoms with E-state index in [0.717, 1.165) is 6.42 Å². The molecule has 0 N–H and O–H groups in total. The molecule has 0 amide bonds. The standard InChI is InChI=1S/C18H16N2/c1-20-13-16(8-5-11-19)17-12-15(9-10-18(17)20)14-6-3-2-4-7-14/h2-4,6-7,9-10,12-13H,5,8H2,1H3. The summed E-state index contributed by atoms with van der Waals surface area (Å²) >= 11 is 0. The Balaban J connectivity index is 2.12. The summed E-state index contributed by atoms with van der Waals surface area (Å²) in [5.74, 6) is 0. The molecule has 0 spiro atoms. The molecule has 0 radical (unpaired) electrons. The molecule has 0 atom stereocenters. The van der Waals surface area contributed by atoms with Crippen LogP contribution in [0.25, 0.3) is 22.0 Å². The van der Waals surface area contributed by atoms with Gasteiger partial charge in [0.1, 0.15) is 0 Å². The first-order chi connectivity index (χ1) is 9.79. The van der Waals surface area contributed by atoms with Gasteiger partial charge in [-0.3, -0.25) is 0 Å². The quantitative estimate of drug-likeness (QED) is 0.690. The lowest BCUT2D eigenvalue weighted by atomic mass is 10.0. The largest absolute Gasteiger partial charge is 0.350 e. The molecule has 0 aliphatic carbocycles. The molecular weight excluding hydrogens is 244 g/mol. The van der Waals surface area contributed by atoms with Crippen LogP contribution in [0.1, 0.15) is 12.0 Å². The van der Waals surface area contributed by atoms with Gasteiger partial charge in [0.05, 0.1) is 6.07 Å². The smallest absolute Gasteiger partial charge is 0.0625 e. The van der Waals surface area contributed by atoms with Gasteiger partial charge < -0.3 is 4.57 Å². The molecule has 0 unspecified atom stereocenters. The molecule has 98 valence electrons. The normalized spacial score (nSPS) is 10.6. The Morgan fingerprint density at radius 3 is 2.60 bits per heavy atom. The predicted molar refractivity (Wildman–Crippen MR) is 82.3 cm³/mol. The fraction of sp³-hybridized carbons (Fsp3) is 0.167. The van der Waals surface area contributed by atoms with Gasteiger partial charge in [-0.25, -0.2) is 0 Å². The first-order valence-electron chi connectivity index (χ1n) is 6.80. The first kappa shape index (κ1) is 12.5. The Labute approximate surface area is 118 Å². The summed E-state index contributed by atoms with van der Waals surface area (Å²) in [7, 11) is 2.06. The van der Waals surface area contributed by atoms with E-state index in [1.807, 2.05) is 6.07 Å². The van der Waals surface area contributed by atoms with Crippen molar-refractivity contribution in [1.29, 1.82) is 5.26 Å². The number of nitrogens with zero attached hydrogens (tertiary/aromatic N) is 2. The highest BCUT2D eigenvalue weighted by Crippen LogP contribution is 2.28. The van der Waals surface area contributed by atoms with E-state index in [4.69, 9.17) is 5.26 Å². The number of aryl methyl sites for hydroxylation is 2. The van der Waals surface area contributed by atoms with E-state index >= 15 is 0 Å². The minimum atomic E-state index is 0.564. The third kappa shape index (κ3) is 2.19. The molecule has 3 rings (SSSR count). The number of nitriles is 1. The number of fused-ring (bicyclic) bond motifs is 1. The van der Waals surface area contributed by atoms with E-state index in [1.165, 1.54) is 27.6 Å². The average molecular weight is 260 g/mol. The van der Waals surface area contributed by atoms with Gasteiger partial charge in [-0.15, -0.1) is 0 Å². The third-order valence-electron chi connectivity index (χ3n) is 3.69. The summed E-state index contributed by atoms with van der Waals surface area (Å²) in [4.78, 5) is 0. The van der Waals surface area contributed by atoms with Crippen LogP contribution in [0, 0.1) is 11.3 Å². The molecule has 0 aliphatic heterocycles. The average Bonchev–Trinajstić information content (AvgIpc) is 2.82. The predicted octanol–water partition coefficient (Wildman–Crippen LogP) is 4.30. The van der Waals surface area contributed by atoms with Gasteiger partial charge in [-0.05, 0) is 35.2 Å². The summed E-state index contributed by atoms with van der Waals surface area (Å²) in [6.07, 6.45) is 3.51. The zero-order chi connectivity index (χ0) is 13.9. The maximum Gasteiger partial charge on any atom is 0.0625 e. The summed E-state index contributed by atoms with van der Waals surface area (Å²) in [5, 5.41) is 10.0. The molecule has 0 saturated carbocycles. The van der Waals surface area contributed by atoms with Gasteiger partial charge in [0.15, 0.2) is 0 Å². The second-order valence-electron chi connectivity index (χ2n) is 5.02. The summed E-state index contributed by atoms with van der Waals surface area (Å²) in [6, 6.07) is 19.2. The number of hydrogen-bond donors (Lipinski definition) is 0. The SMILES string of the molecule is Cn1cc(CCC#N)c2cc(-c3ccccc3)ccc21. The number of hydrogen-bond acceptors (Lipinski definition) is 1. The Kier molecular flexibility index (Phi) is 3.26. The van der Waals surface area contributed by atoms with Crippen LogP contribution in [0.4, 0.5) is 0 Å². The Morgan fingerprint density at radius 2 is 1.85 bits per heavy atom. The first-order valence-corrected chi connectivity index (χ1v) is 6.80. The van der Waals surface area contributed by atoms with Crippen LogP contribution >= 0.6 is 0 Å². The van der Waals surface area contributed by atoms with Gasteiger partial charge in [-0.2, -0.15) is 5.26 Å². The lowest BCUT2D eigenvalue weighted by Gasteiger charge is -2.03. The number of benzene rings is 2. The molecule has 3 aromatic rings. The van der Waals surface area contributed by atoms with E-state index in [9.17, 15) is 0 Å². The van der Waals surface area contributed by atoms with Crippen LogP contribution in [0.5, 0.6) is 0 Å². The molecule has 0 bridgehead atoms. The molecule has 0 saturated heterocycles. The van der Waals surface area contributed by atoms with E-state index in [0.29, 0.717) is 6.42 Å². The molecule has 1 aromatic heterocycles. The van der Waals surface area contributed by atoms with E-state index < -0.39 is 0 Å². The molecule has 20 heavy (non-hydrogen) atoms. The highest BCUT2D eigenvalue weighted by Gasteiger charge is 2.08. The maximum absolute atomic E-state index is 8.78. The Hall–Kier alpha value is -2.53. The van der Waals surface area contributed by atoms with E-state index in [2.05, 4.69) is 66.3 Å². The molecule has 1 heterocycles. The highest BCUT2D eigenvalue weighted by atomic mass is 14.9. The number of rotatable bonds is 3. The van der Waals surface area contributed by atoms with Crippen molar-refractivity contribution < 1.29 is 0 Å².